The molecule has 1 aromatic carbocycles. The molecule has 2 heterocycles. The van der Waals surface area contributed by atoms with Gasteiger partial charge in [0.25, 0.3) is 17.4 Å². The lowest BCUT2D eigenvalue weighted by Crippen LogP contribution is -2.27. The van der Waals surface area contributed by atoms with Crippen molar-refractivity contribution in [2.45, 2.75) is 26.3 Å². The molecule has 28 heavy (non-hydrogen) atoms. The number of alkyl halides is 2. The van der Waals surface area contributed by atoms with Crippen LogP contribution >= 0.6 is 0 Å². The predicted molar refractivity (Wildman–Crippen MR) is 97.0 cm³/mol. The first-order valence-corrected chi connectivity index (χ1v) is 8.35. The summed E-state index contributed by atoms with van der Waals surface area (Å²) in [6.45, 7) is 2.39. The van der Waals surface area contributed by atoms with Crippen molar-refractivity contribution in [3.63, 3.8) is 0 Å². The van der Waals surface area contributed by atoms with Gasteiger partial charge in [-0.3, -0.25) is 9.59 Å². The minimum Gasteiger partial charge on any atom is -0.320 e. The first kappa shape index (κ1) is 19.4. The number of anilines is 1. The van der Waals surface area contributed by atoms with Crippen molar-refractivity contribution in [1.82, 2.24) is 14.8 Å². The fourth-order valence-corrected chi connectivity index (χ4v) is 2.63. The third kappa shape index (κ3) is 3.98. The van der Waals surface area contributed by atoms with Gasteiger partial charge < -0.3 is 10.3 Å². The number of aryl methyl sites for hydroxylation is 1. The molecule has 2 N–H and O–H groups in total. The van der Waals surface area contributed by atoms with Crippen LogP contribution in [-0.4, -0.2) is 20.7 Å². The van der Waals surface area contributed by atoms with Crippen molar-refractivity contribution in [3.05, 3.63) is 81.2 Å². The van der Waals surface area contributed by atoms with Crippen LogP contribution in [0.2, 0.25) is 0 Å². The standard InChI is InChI=1S/C19H17F3N4O2/c1-11-9-23-26(10-12-5-3-4-6-14(12)20)16(11)25-18(28)13-7-8-15(19(2,21)22)24-17(13)27/h3-9H,10H2,1-2H3,(H,24,27)(H,25,28). The maximum absolute atomic E-state index is 13.9. The van der Waals surface area contributed by atoms with Crippen LogP contribution in [0.4, 0.5) is 19.0 Å². The number of halogens is 3. The van der Waals surface area contributed by atoms with Crippen LogP contribution < -0.4 is 10.9 Å². The fourth-order valence-electron chi connectivity index (χ4n) is 2.63. The van der Waals surface area contributed by atoms with E-state index in [0.717, 1.165) is 12.1 Å². The summed E-state index contributed by atoms with van der Waals surface area (Å²) >= 11 is 0. The molecule has 2 aromatic heterocycles. The van der Waals surface area contributed by atoms with Gasteiger partial charge in [-0.15, -0.1) is 0 Å². The molecule has 0 radical (unpaired) electrons. The van der Waals surface area contributed by atoms with Gasteiger partial charge in [0.2, 0.25) is 0 Å². The van der Waals surface area contributed by atoms with Crippen molar-refractivity contribution < 1.29 is 18.0 Å². The molecular weight excluding hydrogens is 373 g/mol. The third-order valence-electron chi connectivity index (χ3n) is 4.16. The number of nitrogens with one attached hydrogen (secondary N) is 2. The Morgan fingerprint density at radius 3 is 2.61 bits per heavy atom. The van der Waals surface area contributed by atoms with Crippen molar-refractivity contribution in [3.8, 4) is 0 Å². The van der Waals surface area contributed by atoms with E-state index in [1.165, 1.54) is 16.9 Å². The molecule has 1 amide bonds. The van der Waals surface area contributed by atoms with Gasteiger partial charge in [-0.1, -0.05) is 18.2 Å². The number of aromatic nitrogens is 3. The molecule has 9 heteroatoms. The van der Waals surface area contributed by atoms with Crippen LogP contribution in [0.1, 0.15) is 34.1 Å². The summed E-state index contributed by atoms with van der Waals surface area (Å²) in [6, 6.07) is 8.16. The number of hydrogen-bond acceptors (Lipinski definition) is 3. The highest BCUT2D eigenvalue weighted by molar-refractivity contribution is 6.03. The number of benzene rings is 1. The number of hydrogen-bond donors (Lipinski definition) is 2. The Kier molecular flexibility index (Phi) is 5.08. The lowest BCUT2D eigenvalue weighted by molar-refractivity contribution is 0.0125. The van der Waals surface area contributed by atoms with E-state index in [2.05, 4.69) is 10.4 Å². The van der Waals surface area contributed by atoms with E-state index in [1.807, 2.05) is 4.98 Å². The minimum atomic E-state index is -3.23. The summed E-state index contributed by atoms with van der Waals surface area (Å²) in [7, 11) is 0. The quantitative estimate of drug-likeness (QED) is 0.701. The van der Waals surface area contributed by atoms with Crippen molar-refractivity contribution in [1.29, 1.82) is 0 Å². The summed E-state index contributed by atoms with van der Waals surface area (Å²) < 4.78 is 41.9. The lowest BCUT2D eigenvalue weighted by atomic mass is 10.2. The van der Waals surface area contributed by atoms with Gasteiger partial charge in [0.05, 0.1) is 18.4 Å². The number of aromatic amines is 1. The highest BCUT2D eigenvalue weighted by Crippen LogP contribution is 2.24. The van der Waals surface area contributed by atoms with Crippen molar-refractivity contribution in [2.24, 2.45) is 0 Å². The molecule has 0 saturated heterocycles. The second-order valence-electron chi connectivity index (χ2n) is 6.38. The summed E-state index contributed by atoms with van der Waals surface area (Å²) in [4.78, 5) is 26.5. The van der Waals surface area contributed by atoms with E-state index >= 15 is 0 Å². The molecular formula is C19H17F3N4O2. The Morgan fingerprint density at radius 2 is 1.96 bits per heavy atom. The Balaban J connectivity index is 1.87. The molecule has 0 bridgehead atoms. The number of carbonyl (C=O) groups is 1. The predicted octanol–water partition coefficient (Wildman–Crippen LogP) is 3.43. The van der Waals surface area contributed by atoms with Crippen LogP contribution in [0.5, 0.6) is 0 Å². The second kappa shape index (κ2) is 7.34. The van der Waals surface area contributed by atoms with Crippen LogP contribution in [0.3, 0.4) is 0 Å². The second-order valence-corrected chi connectivity index (χ2v) is 6.38. The van der Waals surface area contributed by atoms with E-state index in [-0.39, 0.29) is 17.9 Å². The van der Waals surface area contributed by atoms with Crippen LogP contribution in [0.15, 0.2) is 47.4 Å². The number of amides is 1. The smallest absolute Gasteiger partial charge is 0.284 e. The molecule has 0 aliphatic carbocycles. The molecule has 0 unspecified atom stereocenters. The highest BCUT2D eigenvalue weighted by atomic mass is 19.3. The van der Waals surface area contributed by atoms with E-state index in [0.29, 0.717) is 18.1 Å². The topological polar surface area (TPSA) is 79.8 Å². The minimum absolute atomic E-state index is 0.0630. The monoisotopic (exact) mass is 390 g/mol. The zero-order chi connectivity index (χ0) is 20.5. The Labute approximate surface area is 158 Å². The number of pyridine rings is 1. The van der Waals surface area contributed by atoms with Gasteiger partial charge in [-0.2, -0.15) is 5.10 Å². The van der Waals surface area contributed by atoms with Gasteiger partial charge in [-0.25, -0.2) is 17.9 Å². The summed E-state index contributed by atoms with van der Waals surface area (Å²) in [5.41, 5.74) is -0.887. The largest absolute Gasteiger partial charge is 0.320 e. The van der Waals surface area contributed by atoms with Gasteiger partial charge in [0.1, 0.15) is 17.2 Å². The molecule has 0 aliphatic heterocycles. The number of H-pyrrole nitrogens is 1. The van der Waals surface area contributed by atoms with E-state index in [1.54, 1.807) is 25.1 Å². The van der Waals surface area contributed by atoms with Crippen LogP contribution in [0.25, 0.3) is 0 Å². The van der Waals surface area contributed by atoms with Gasteiger partial charge in [0, 0.05) is 18.1 Å². The van der Waals surface area contributed by atoms with Gasteiger partial charge >= 0.3 is 0 Å². The molecule has 0 saturated carbocycles. The van der Waals surface area contributed by atoms with E-state index in [9.17, 15) is 22.8 Å². The van der Waals surface area contributed by atoms with Gasteiger partial charge in [-0.05, 0) is 25.1 Å². The molecule has 0 aliphatic rings. The van der Waals surface area contributed by atoms with E-state index < -0.39 is 28.9 Å². The Hall–Kier alpha value is -3.36. The zero-order valence-corrected chi connectivity index (χ0v) is 15.1. The SMILES string of the molecule is Cc1cnn(Cc2ccccc2F)c1NC(=O)c1ccc(C(C)(F)F)[nH]c1=O. The summed E-state index contributed by atoms with van der Waals surface area (Å²) in [5.74, 6) is -4.16. The molecule has 0 atom stereocenters. The fraction of sp³-hybridized carbons (Fsp3) is 0.211. The number of rotatable bonds is 5. The first-order valence-electron chi connectivity index (χ1n) is 8.35. The average Bonchev–Trinajstić information content (AvgIpc) is 2.96. The number of carbonyl (C=O) groups excluding carboxylic acids is 1. The average molecular weight is 390 g/mol. The van der Waals surface area contributed by atoms with Crippen molar-refractivity contribution >= 4 is 11.7 Å². The molecule has 3 rings (SSSR count). The molecule has 146 valence electrons. The van der Waals surface area contributed by atoms with Crippen LogP contribution in [-0.2, 0) is 12.5 Å². The molecule has 3 aromatic rings. The third-order valence-corrected chi connectivity index (χ3v) is 4.16. The van der Waals surface area contributed by atoms with E-state index in [4.69, 9.17) is 0 Å². The van der Waals surface area contributed by atoms with Crippen LogP contribution in [0, 0.1) is 12.7 Å². The normalized spacial score (nSPS) is 11.5. The molecule has 6 nitrogen and oxygen atoms in total. The Bertz CT molecular complexity index is 1080. The molecule has 0 spiro atoms. The summed E-state index contributed by atoms with van der Waals surface area (Å²) in [6.07, 6.45) is 1.49. The molecule has 0 fully saturated rings. The Morgan fingerprint density at radius 1 is 1.25 bits per heavy atom. The maximum atomic E-state index is 13.9. The number of nitrogens with zero attached hydrogens (tertiary/aromatic N) is 2. The lowest BCUT2D eigenvalue weighted by Gasteiger charge is -2.12. The van der Waals surface area contributed by atoms with Crippen molar-refractivity contribution in [2.75, 3.05) is 5.32 Å². The summed E-state index contributed by atoms with van der Waals surface area (Å²) in [5, 5.41) is 6.66. The van der Waals surface area contributed by atoms with Gasteiger partial charge in [0.15, 0.2) is 0 Å². The maximum Gasteiger partial charge on any atom is 0.284 e. The first-order chi connectivity index (χ1) is 13.2. The zero-order valence-electron chi connectivity index (χ0n) is 15.1. The highest BCUT2D eigenvalue weighted by Gasteiger charge is 2.26.